The van der Waals surface area contributed by atoms with Crippen LogP contribution in [0.3, 0.4) is 0 Å². The van der Waals surface area contributed by atoms with Crippen molar-refractivity contribution in [2.75, 3.05) is 17.5 Å². The summed E-state index contributed by atoms with van der Waals surface area (Å²) in [5.41, 5.74) is 1.53. The van der Waals surface area contributed by atoms with Crippen LogP contribution < -0.4 is 14.4 Å². The summed E-state index contributed by atoms with van der Waals surface area (Å²) < 4.78 is 48.8. The Balaban J connectivity index is 1.58. The van der Waals surface area contributed by atoms with Crippen molar-refractivity contribution in [3.63, 3.8) is 0 Å². The number of ether oxygens (including phenoxy) is 1. The van der Waals surface area contributed by atoms with Gasteiger partial charge in [0.1, 0.15) is 24.2 Å². The quantitative estimate of drug-likeness (QED) is 0.142. The average Bonchev–Trinajstić information content (AvgIpc) is 3.11. The maximum absolute atomic E-state index is 14.7. The van der Waals surface area contributed by atoms with Crippen molar-refractivity contribution in [2.24, 2.45) is 0 Å². The lowest BCUT2D eigenvalue weighted by molar-refractivity contribution is -0.140. The van der Waals surface area contributed by atoms with Gasteiger partial charge < -0.3 is 15.0 Å². The maximum Gasteiger partial charge on any atom is 0.264 e. The van der Waals surface area contributed by atoms with Gasteiger partial charge in [0, 0.05) is 29.1 Å². The highest BCUT2D eigenvalue weighted by atomic mass is 35.5. The van der Waals surface area contributed by atoms with E-state index in [2.05, 4.69) is 5.32 Å². The lowest BCUT2D eigenvalue weighted by Crippen LogP contribution is -2.55. The Bertz CT molecular complexity index is 1860. The molecule has 0 unspecified atom stereocenters. The van der Waals surface area contributed by atoms with Crippen LogP contribution in [-0.2, 0) is 32.6 Å². The summed E-state index contributed by atoms with van der Waals surface area (Å²) in [6.07, 6.45) is 4.93. The Morgan fingerprint density at radius 1 is 0.920 bits per heavy atom. The molecule has 0 saturated heterocycles. The fraction of sp³-hybridized carbons (Fsp3) is 0.316. The van der Waals surface area contributed by atoms with Crippen LogP contribution in [0.2, 0.25) is 10.0 Å². The highest BCUT2D eigenvalue weighted by Crippen LogP contribution is 2.29. The molecule has 2 amide bonds. The molecule has 1 aliphatic carbocycles. The molecule has 12 heteroatoms. The third kappa shape index (κ3) is 9.56. The normalized spacial score (nSPS) is 14.1. The summed E-state index contributed by atoms with van der Waals surface area (Å²) in [6.45, 7) is 1.47. The molecule has 0 aliphatic heterocycles. The Morgan fingerprint density at radius 2 is 1.60 bits per heavy atom. The molecular weight excluding hydrogens is 700 g/mol. The lowest BCUT2D eigenvalue weighted by Gasteiger charge is -2.35. The first kappa shape index (κ1) is 37.1. The standard InChI is InChI=1S/C38H40Cl2FN3O5S/c1-2-49-33-19-17-32(18-20-33)44(50(47,48)34-21-15-30(41)16-22-34)26-37(45)43(25-28-13-14-29(39)24-35(28)40)36(23-27-9-5-3-6-10-27)38(46)42-31-11-7-4-8-12-31/h3,5-6,9-10,13-22,24,31,36H,2,4,7-8,11-12,23,25-26H2,1H3,(H,42,46)/t36-/m1/s1. The third-order valence-electron chi connectivity index (χ3n) is 8.69. The number of nitrogens with one attached hydrogen (secondary N) is 1. The molecule has 0 heterocycles. The van der Waals surface area contributed by atoms with E-state index < -0.39 is 34.3 Å². The number of halogens is 3. The summed E-state index contributed by atoms with van der Waals surface area (Å²) >= 11 is 12.8. The number of hydrogen-bond acceptors (Lipinski definition) is 5. The number of carbonyl (C=O) groups is 2. The highest BCUT2D eigenvalue weighted by Gasteiger charge is 2.36. The largest absolute Gasteiger partial charge is 0.494 e. The molecule has 0 aromatic heterocycles. The van der Waals surface area contributed by atoms with Gasteiger partial charge in [-0.05, 0) is 91.6 Å². The number of nitrogens with zero attached hydrogens (tertiary/aromatic N) is 2. The Morgan fingerprint density at radius 3 is 2.24 bits per heavy atom. The Labute approximate surface area is 303 Å². The molecule has 8 nitrogen and oxygen atoms in total. The van der Waals surface area contributed by atoms with Gasteiger partial charge in [-0.2, -0.15) is 0 Å². The van der Waals surface area contributed by atoms with Crippen LogP contribution in [-0.4, -0.2) is 50.4 Å². The topological polar surface area (TPSA) is 96.0 Å². The first-order valence-electron chi connectivity index (χ1n) is 16.6. The van der Waals surface area contributed by atoms with E-state index in [-0.39, 0.29) is 35.5 Å². The van der Waals surface area contributed by atoms with Crippen molar-refractivity contribution in [1.82, 2.24) is 10.2 Å². The number of hydrogen-bond donors (Lipinski definition) is 1. The molecule has 4 aromatic rings. The Hall–Kier alpha value is -4.12. The van der Waals surface area contributed by atoms with Gasteiger partial charge in [-0.25, -0.2) is 12.8 Å². The molecule has 0 bridgehead atoms. The number of anilines is 1. The minimum Gasteiger partial charge on any atom is -0.494 e. The first-order chi connectivity index (χ1) is 24.0. The second-order valence-corrected chi connectivity index (χ2v) is 14.9. The van der Waals surface area contributed by atoms with Crippen molar-refractivity contribution in [2.45, 2.75) is 69.0 Å². The summed E-state index contributed by atoms with van der Waals surface area (Å²) in [6, 6.07) is 23.9. The second-order valence-electron chi connectivity index (χ2n) is 12.2. The van der Waals surface area contributed by atoms with Crippen LogP contribution in [0.4, 0.5) is 10.1 Å². The molecule has 1 atom stereocenters. The van der Waals surface area contributed by atoms with Crippen LogP contribution in [0.5, 0.6) is 5.75 Å². The van der Waals surface area contributed by atoms with Crippen molar-refractivity contribution in [3.05, 3.63) is 124 Å². The van der Waals surface area contributed by atoms with Crippen LogP contribution >= 0.6 is 23.2 Å². The van der Waals surface area contributed by atoms with Crippen LogP contribution in [0.1, 0.15) is 50.2 Å². The number of rotatable bonds is 14. The van der Waals surface area contributed by atoms with Gasteiger partial charge in [0.2, 0.25) is 11.8 Å². The molecule has 1 saturated carbocycles. The minimum atomic E-state index is -4.40. The SMILES string of the molecule is CCOc1ccc(N(CC(=O)N(Cc2ccc(Cl)cc2Cl)[C@H](Cc2ccccc2)C(=O)NC2CCCCC2)S(=O)(=O)c2ccc(F)cc2)cc1. The van der Waals surface area contributed by atoms with Gasteiger partial charge in [0.15, 0.2) is 0 Å². The van der Waals surface area contributed by atoms with E-state index >= 15 is 0 Å². The van der Waals surface area contributed by atoms with Crippen molar-refractivity contribution in [1.29, 1.82) is 0 Å². The zero-order chi connectivity index (χ0) is 35.7. The van der Waals surface area contributed by atoms with Gasteiger partial charge in [0.05, 0.1) is 17.2 Å². The molecule has 1 aliphatic rings. The van der Waals surface area contributed by atoms with E-state index in [1.165, 1.54) is 17.0 Å². The fourth-order valence-electron chi connectivity index (χ4n) is 6.07. The smallest absolute Gasteiger partial charge is 0.264 e. The minimum absolute atomic E-state index is 0.0372. The molecular formula is C38H40Cl2FN3O5S. The van der Waals surface area contributed by atoms with Crippen molar-refractivity contribution >= 4 is 50.7 Å². The molecule has 50 heavy (non-hydrogen) atoms. The first-order valence-corrected chi connectivity index (χ1v) is 18.8. The van der Waals surface area contributed by atoms with E-state index in [9.17, 15) is 22.4 Å². The maximum atomic E-state index is 14.7. The summed E-state index contributed by atoms with van der Waals surface area (Å²) in [5, 5.41) is 3.88. The van der Waals surface area contributed by atoms with E-state index in [0.717, 1.165) is 66.2 Å². The fourth-order valence-corrected chi connectivity index (χ4v) is 7.95. The number of amides is 2. The highest BCUT2D eigenvalue weighted by molar-refractivity contribution is 7.92. The van der Waals surface area contributed by atoms with Crippen molar-refractivity contribution in [3.8, 4) is 5.75 Å². The zero-order valence-corrected chi connectivity index (χ0v) is 30.1. The Kier molecular flexibility index (Phi) is 12.8. The van der Waals surface area contributed by atoms with Crippen LogP contribution in [0.15, 0.2) is 102 Å². The molecule has 4 aromatic carbocycles. The number of sulfonamides is 1. The van der Waals surface area contributed by atoms with Crippen LogP contribution in [0, 0.1) is 5.82 Å². The van der Waals surface area contributed by atoms with Gasteiger partial charge in [-0.15, -0.1) is 0 Å². The van der Waals surface area contributed by atoms with Crippen molar-refractivity contribution < 1.29 is 27.1 Å². The summed E-state index contributed by atoms with van der Waals surface area (Å²) in [4.78, 5) is 30.2. The molecule has 1 N–H and O–H groups in total. The van der Waals surface area contributed by atoms with E-state index in [0.29, 0.717) is 28.0 Å². The van der Waals surface area contributed by atoms with E-state index in [1.54, 1.807) is 30.3 Å². The predicted molar refractivity (Wildman–Crippen MR) is 195 cm³/mol. The monoisotopic (exact) mass is 739 g/mol. The van der Waals surface area contributed by atoms with E-state index in [1.807, 2.05) is 37.3 Å². The van der Waals surface area contributed by atoms with Gasteiger partial charge in [-0.3, -0.25) is 13.9 Å². The van der Waals surface area contributed by atoms with Gasteiger partial charge in [0.25, 0.3) is 10.0 Å². The zero-order valence-electron chi connectivity index (χ0n) is 27.7. The molecule has 264 valence electrons. The number of carbonyl (C=O) groups excluding carboxylic acids is 2. The van der Waals surface area contributed by atoms with Gasteiger partial charge in [-0.1, -0.05) is 78.9 Å². The summed E-state index contributed by atoms with van der Waals surface area (Å²) in [5.74, 6) is -1.07. The lowest BCUT2D eigenvalue weighted by atomic mass is 9.94. The average molecular weight is 741 g/mol. The predicted octanol–water partition coefficient (Wildman–Crippen LogP) is 7.82. The third-order valence-corrected chi connectivity index (χ3v) is 11.1. The van der Waals surface area contributed by atoms with E-state index in [4.69, 9.17) is 27.9 Å². The number of benzene rings is 4. The summed E-state index contributed by atoms with van der Waals surface area (Å²) in [7, 11) is -4.40. The second kappa shape index (κ2) is 17.2. The molecule has 1 fully saturated rings. The van der Waals surface area contributed by atoms with Crippen LogP contribution in [0.25, 0.3) is 0 Å². The molecule has 0 radical (unpaired) electrons. The molecule has 5 rings (SSSR count). The van der Waals surface area contributed by atoms with Gasteiger partial charge >= 0.3 is 0 Å². The molecule has 0 spiro atoms.